The summed E-state index contributed by atoms with van der Waals surface area (Å²) >= 11 is 7.89. The first-order chi connectivity index (χ1) is 8.65. The van der Waals surface area contributed by atoms with E-state index >= 15 is 0 Å². The second-order valence-electron chi connectivity index (χ2n) is 4.56. The Bertz CT molecular complexity index is 495. The highest BCUT2D eigenvalue weighted by molar-refractivity contribution is 7.09. The maximum absolute atomic E-state index is 6.21. The van der Waals surface area contributed by atoms with Crippen molar-refractivity contribution in [3.05, 3.63) is 50.9 Å². The molecule has 0 bridgehead atoms. The van der Waals surface area contributed by atoms with E-state index in [1.807, 2.05) is 17.6 Å². The third kappa shape index (κ3) is 3.80. The zero-order chi connectivity index (χ0) is 13.0. The Hall–Kier alpha value is -0.900. The highest BCUT2D eigenvalue weighted by Crippen LogP contribution is 2.20. The van der Waals surface area contributed by atoms with Crippen LogP contribution in [0.2, 0.25) is 5.02 Å². The van der Waals surface area contributed by atoms with E-state index in [4.69, 9.17) is 11.6 Å². The van der Waals surface area contributed by atoms with Crippen molar-refractivity contribution < 1.29 is 0 Å². The molecule has 0 fully saturated rings. The van der Waals surface area contributed by atoms with Gasteiger partial charge in [0.1, 0.15) is 0 Å². The van der Waals surface area contributed by atoms with Crippen molar-refractivity contribution in [2.24, 2.45) is 0 Å². The molecule has 0 unspecified atom stereocenters. The second-order valence-corrected chi connectivity index (χ2v) is 5.95. The predicted octanol–water partition coefficient (Wildman–Crippen LogP) is 3.89. The number of benzene rings is 1. The molecule has 2 aromatic rings. The predicted molar refractivity (Wildman–Crippen MR) is 78.3 cm³/mol. The van der Waals surface area contributed by atoms with Gasteiger partial charge in [-0.1, -0.05) is 37.6 Å². The van der Waals surface area contributed by atoms with Gasteiger partial charge in [-0.25, -0.2) is 4.98 Å². The van der Waals surface area contributed by atoms with Gasteiger partial charge in [0, 0.05) is 35.6 Å². The maximum atomic E-state index is 6.21. The summed E-state index contributed by atoms with van der Waals surface area (Å²) in [5.41, 5.74) is 2.41. The van der Waals surface area contributed by atoms with Crippen LogP contribution in [0.25, 0.3) is 0 Å². The number of nitrogens with one attached hydrogen (secondary N) is 1. The summed E-state index contributed by atoms with van der Waals surface area (Å²) in [4.78, 5) is 4.31. The molecule has 0 saturated heterocycles. The molecule has 1 heterocycles. The number of hydrogen-bond donors (Lipinski definition) is 1. The Morgan fingerprint density at radius 1 is 1.39 bits per heavy atom. The molecule has 2 nitrogen and oxygen atoms in total. The lowest BCUT2D eigenvalue weighted by atomic mass is 10.1. The minimum absolute atomic E-state index is 0.462. The van der Waals surface area contributed by atoms with Gasteiger partial charge < -0.3 is 5.32 Å². The third-order valence-electron chi connectivity index (χ3n) is 2.65. The molecular weight excluding hydrogens is 264 g/mol. The fourth-order valence-corrected chi connectivity index (χ4v) is 2.54. The third-order valence-corrected chi connectivity index (χ3v) is 3.80. The van der Waals surface area contributed by atoms with E-state index in [1.54, 1.807) is 11.3 Å². The van der Waals surface area contributed by atoms with Gasteiger partial charge in [0.05, 0.1) is 5.01 Å². The van der Waals surface area contributed by atoms with Crippen molar-refractivity contribution in [3.8, 4) is 0 Å². The standard InChI is InChI=1S/C14H17ClN2S/c1-10(2)17-9-12-7-11(3-4-13(12)15)8-14-16-5-6-18-14/h3-7,10,17H,8-9H2,1-2H3. The molecule has 1 aromatic heterocycles. The fourth-order valence-electron chi connectivity index (χ4n) is 1.70. The summed E-state index contributed by atoms with van der Waals surface area (Å²) in [6.45, 7) is 5.07. The van der Waals surface area contributed by atoms with E-state index in [-0.39, 0.29) is 0 Å². The van der Waals surface area contributed by atoms with Gasteiger partial charge in [-0.15, -0.1) is 11.3 Å². The first-order valence-electron chi connectivity index (χ1n) is 6.04. The molecule has 18 heavy (non-hydrogen) atoms. The van der Waals surface area contributed by atoms with Crippen LogP contribution in [0.4, 0.5) is 0 Å². The zero-order valence-corrected chi connectivity index (χ0v) is 12.2. The summed E-state index contributed by atoms with van der Waals surface area (Å²) in [5.74, 6) is 0. The van der Waals surface area contributed by atoms with E-state index in [0.717, 1.165) is 28.6 Å². The van der Waals surface area contributed by atoms with Gasteiger partial charge >= 0.3 is 0 Å². The van der Waals surface area contributed by atoms with E-state index in [9.17, 15) is 0 Å². The molecular formula is C14H17ClN2S. The molecule has 1 N–H and O–H groups in total. The number of aromatic nitrogens is 1. The number of rotatable bonds is 5. The monoisotopic (exact) mass is 280 g/mol. The van der Waals surface area contributed by atoms with Gasteiger partial charge in [0.25, 0.3) is 0 Å². The normalized spacial score (nSPS) is 11.1. The van der Waals surface area contributed by atoms with Crippen LogP contribution in [0.5, 0.6) is 0 Å². The zero-order valence-electron chi connectivity index (χ0n) is 10.6. The van der Waals surface area contributed by atoms with Gasteiger partial charge in [-0.2, -0.15) is 0 Å². The summed E-state index contributed by atoms with van der Waals surface area (Å²) in [7, 11) is 0. The molecule has 2 rings (SSSR count). The lowest BCUT2D eigenvalue weighted by molar-refractivity contribution is 0.588. The van der Waals surface area contributed by atoms with Crippen molar-refractivity contribution in [1.82, 2.24) is 10.3 Å². The van der Waals surface area contributed by atoms with E-state index in [0.29, 0.717) is 6.04 Å². The van der Waals surface area contributed by atoms with Crippen LogP contribution < -0.4 is 5.32 Å². The highest BCUT2D eigenvalue weighted by atomic mass is 35.5. The molecule has 0 amide bonds. The Morgan fingerprint density at radius 3 is 2.89 bits per heavy atom. The molecule has 4 heteroatoms. The van der Waals surface area contributed by atoms with Crippen molar-refractivity contribution in [1.29, 1.82) is 0 Å². The smallest absolute Gasteiger partial charge is 0.0968 e. The van der Waals surface area contributed by atoms with Gasteiger partial charge in [-0.05, 0) is 17.2 Å². The fraction of sp³-hybridized carbons (Fsp3) is 0.357. The molecule has 0 saturated carbocycles. The summed E-state index contributed by atoms with van der Waals surface area (Å²) in [6, 6.07) is 6.67. The van der Waals surface area contributed by atoms with Gasteiger partial charge in [0.2, 0.25) is 0 Å². The molecule has 96 valence electrons. The topological polar surface area (TPSA) is 24.9 Å². The maximum Gasteiger partial charge on any atom is 0.0968 e. The quantitative estimate of drug-likeness (QED) is 0.899. The number of nitrogens with zero attached hydrogens (tertiary/aromatic N) is 1. The molecule has 0 aliphatic heterocycles. The van der Waals surface area contributed by atoms with Gasteiger partial charge in [0.15, 0.2) is 0 Å². The average molecular weight is 281 g/mol. The Labute approximate surface area is 117 Å². The summed E-state index contributed by atoms with van der Waals surface area (Å²) in [5, 5.41) is 7.36. The van der Waals surface area contributed by atoms with Crippen LogP contribution in [0, 0.1) is 0 Å². The molecule has 0 radical (unpaired) electrons. The molecule has 0 aliphatic carbocycles. The molecule has 0 spiro atoms. The van der Waals surface area contributed by atoms with Crippen LogP contribution in [0.3, 0.4) is 0 Å². The van der Waals surface area contributed by atoms with E-state index in [1.165, 1.54) is 5.56 Å². The van der Waals surface area contributed by atoms with E-state index in [2.05, 4.69) is 36.3 Å². The molecule has 1 aromatic carbocycles. The van der Waals surface area contributed by atoms with Crippen LogP contribution in [0.15, 0.2) is 29.8 Å². The van der Waals surface area contributed by atoms with Crippen LogP contribution in [0.1, 0.15) is 30.0 Å². The number of thiazole rings is 1. The minimum atomic E-state index is 0.462. The second kappa shape index (κ2) is 6.32. The molecule has 0 aliphatic rings. The Balaban J connectivity index is 2.10. The van der Waals surface area contributed by atoms with Crippen molar-refractivity contribution in [2.75, 3.05) is 0 Å². The Morgan fingerprint density at radius 2 is 2.22 bits per heavy atom. The minimum Gasteiger partial charge on any atom is -0.310 e. The molecule has 0 atom stereocenters. The van der Waals surface area contributed by atoms with Crippen molar-refractivity contribution in [2.45, 2.75) is 32.9 Å². The summed E-state index contributed by atoms with van der Waals surface area (Å²) in [6.07, 6.45) is 2.72. The Kier molecular flexibility index (Phi) is 4.75. The largest absolute Gasteiger partial charge is 0.310 e. The number of hydrogen-bond acceptors (Lipinski definition) is 3. The number of halogens is 1. The first kappa shape index (κ1) is 13.5. The highest BCUT2D eigenvalue weighted by Gasteiger charge is 2.05. The van der Waals surface area contributed by atoms with Gasteiger partial charge in [-0.3, -0.25) is 0 Å². The van der Waals surface area contributed by atoms with E-state index < -0.39 is 0 Å². The van der Waals surface area contributed by atoms with Crippen molar-refractivity contribution >= 4 is 22.9 Å². The lowest BCUT2D eigenvalue weighted by Crippen LogP contribution is -2.22. The van der Waals surface area contributed by atoms with Crippen LogP contribution in [-0.4, -0.2) is 11.0 Å². The lowest BCUT2D eigenvalue weighted by Gasteiger charge is -2.11. The van der Waals surface area contributed by atoms with Crippen LogP contribution in [-0.2, 0) is 13.0 Å². The van der Waals surface area contributed by atoms with Crippen molar-refractivity contribution in [3.63, 3.8) is 0 Å². The average Bonchev–Trinajstić information content (AvgIpc) is 2.82. The van der Waals surface area contributed by atoms with Crippen LogP contribution >= 0.6 is 22.9 Å². The SMILES string of the molecule is CC(C)NCc1cc(Cc2nccs2)ccc1Cl. The summed E-state index contributed by atoms with van der Waals surface area (Å²) < 4.78 is 0. The first-order valence-corrected chi connectivity index (χ1v) is 7.30.